The second kappa shape index (κ2) is 8.68. The average Bonchev–Trinajstić information content (AvgIpc) is 3.29. The molecule has 0 saturated carbocycles. The van der Waals surface area contributed by atoms with Crippen LogP contribution in [0.2, 0.25) is 10.0 Å². The van der Waals surface area contributed by atoms with Gasteiger partial charge in [-0.25, -0.2) is 4.79 Å². The van der Waals surface area contributed by atoms with E-state index in [9.17, 15) is 9.59 Å². The summed E-state index contributed by atoms with van der Waals surface area (Å²) in [6, 6.07) is 9.84. The zero-order valence-corrected chi connectivity index (χ0v) is 17.2. The van der Waals surface area contributed by atoms with Crippen molar-refractivity contribution in [2.45, 2.75) is 13.5 Å². The molecular weight excluding hydrogens is 425 g/mol. The second-order valence-electron chi connectivity index (χ2n) is 5.65. The van der Waals surface area contributed by atoms with Crippen LogP contribution in [-0.2, 0) is 11.3 Å². The second-order valence-corrected chi connectivity index (χ2v) is 7.69. The Morgan fingerprint density at radius 3 is 2.75 bits per heavy atom. The van der Waals surface area contributed by atoms with E-state index in [0.29, 0.717) is 32.1 Å². The minimum absolute atomic E-state index is 0.0683. The number of ether oxygens (including phenoxy) is 2. The molecule has 1 amide bonds. The van der Waals surface area contributed by atoms with Crippen LogP contribution in [-0.4, -0.2) is 19.0 Å². The Balaban J connectivity index is 1.68. The highest BCUT2D eigenvalue weighted by atomic mass is 35.5. The van der Waals surface area contributed by atoms with E-state index in [-0.39, 0.29) is 12.4 Å². The number of furan rings is 1. The number of hydrogen-bond donors (Lipinski definition) is 1. The first-order valence-electron chi connectivity index (χ1n) is 8.04. The molecule has 1 aromatic carbocycles. The number of anilines is 1. The smallest absolute Gasteiger partial charge is 0.340 e. The molecule has 146 valence electrons. The quantitative estimate of drug-likeness (QED) is 0.507. The number of benzene rings is 1. The van der Waals surface area contributed by atoms with Crippen molar-refractivity contribution in [2.75, 3.05) is 12.4 Å². The highest BCUT2D eigenvalue weighted by Gasteiger charge is 2.20. The van der Waals surface area contributed by atoms with Crippen molar-refractivity contribution < 1.29 is 23.5 Å². The number of aryl methyl sites for hydroxylation is 1. The van der Waals surface area contributed by atoms with Crippen LogP contribution in [0.25, 0.3) is 0 Å². The van der Waals surface area contributed by atoms with Crippen molar-refractivity contribution >= 4 is 51.4 Å². The van der Waals surface area contributed by atoms with Crippen LogP contribution in [0.5, 0.6) is 5.75 Å². The summed E-state index contributed by atoms with van der Waals surface area (Å²) in [7, 11) is 1.28. The van der Waals surface area contributed by atoms with E-state index in [2.05, 4.69) is 5.32 Å². The molecule has 0 unspecified atom stereocenters. The van der Waals surface area contributed by atoms with Gasteiger partial charge in [-0.3, -0.25) is 4.79 Å². The van der Waals surface area contributed by atoms with Crippen molar-refractivity contribution in [3.8, 4) is 5.75 Å². The molecule has 1 N–H and O–H groups in total. The van der Waals surface area contributed by atoms with Crippen LogP contribution >= 0.6 is 34.5 Å². The molecule has 0 atom stereocenters. The molecule has 3 rings (SSSR count). The van der Waals surface area contributed by atoms with Crippen molar-refractivity contribution in [3.63, 3.8) is 0 Å². The average molecular weight is 440 g/mol. The number of methoxy groups -OCH3 is 1. The predicted molar refractivity (Wildman–Crippen MR) is 108 cm³/mol. The summed E-state index contributed by atoms with van der Waals surface area (Å²) in [5.41, 5.74) is 0.295. The molecule has 0 bridgehead atoms. The fourth-order valence-corrected chi connectivity index (χ4v) is 3.60. The van der Waals surface area contributed by atoms with Crippen LogP contribution in [0.3, 0.4) is 0 Å². The van der Waals surface area contributed by atoms with Gasteiger partial charge in [-0.05, 0) is 37.3 Å². The largest absolute Gasteiger partial charge is 0.484 e. The van der Waals surface area contributed by atoms with E-state index in [4.69, 9.17) is 37.1 Å². The van der Waals surface area contributed by atoms with Gasteiger partial charge in [-0.2, -0.15) is 0 Å². The van der Waals surface area contributed by atoms with Crippen molar-refractivity contribution in [1.82, 2.24) is 0 Å². The fraction of sp³-hybridized carbons (Fsp3) is 0.158. The monoisotopic (exact) mass is 439 g/mol. The van der Waals surface area contributed by atoms with Gasteiger partial charge in [-0.1, -0.05) is 29.3 Å². The molecule has 3 aromatic rings. The summed E-state index contributed by atoms with van der Waals surface area (Å²) >= 11 is 13.3. The third-order valence-electron chi connectivity index (χ3n) is 3.66. The van der Waals surface area contributed by atoms with Crippen LogP contribution in [0.1, 0.15) is 31.6 Å². The van der Waals surface area contributed by atoms with Crippen LogP contribution < -0.4 is 10.1 Å². The third kappa shape index (κ3) is 4.49. The Kier molecular flexibility index (Phi) is 6.28. The summed E-state index contributed by atoms with van der Waals surface area (Å²) in [4.78, 5) is 25.1. The van der Waals surface area contributed by atoms with Gasteiger partial charge < -0.3 is 19.2 Å². The number of carbonyl (C=O) groups is 2. The Bertz CT molecular complexity index is 1030. The lowest BCUT2D eigenvalue weighted by atomic mass is 10.3. The lowest BCUT2D eigenvalue weighted by Crippen LogP contribution is -2.13. The number of halogens is 2. The number of amides is 1. The van der Waals surface area contributed by atoms with Crippen LogP contribution in [0, 0.1) is 6.92 Å². The summed E-state index contributed by atoms with van der Waals surface area (Å²) in [5.74, 6) is -0.0895. The number of nitrogens with one attached hydrogen (secondary N) is 1. The Labute approximate surface area is 175 Å². The van der Waals surface area contributed by atoms with E-state index in [1.54, 1.807) is 30.3 Å². The van der Waals surface area contributed by atoms with Crippen LogP contribution in [0.15, 0.2) is 40.8 Å². The topological polar surface area (TPSA) is 77.8 Å². The Hall–Kier alpha value is -2.48. The van der Waals surface area contributed by atoms with Gasteiger partial charge in [-0.15, -0.1) is 11.3 Å². The van der Waals surface area contributed by atoms with Crippen molar-refractivity contribution in [2.24, 2.45) is 0 Å². The first-order valence-corrected chi connectivity index (χ1v) is 9.62. The molecule has 0 fully saturated rings. The molecular formula is C19H15Cl2NO5S. The summed E-state index contributed by atoms with van der Waals surface area (Å²) in [5, 5.41) is 3.75. The molecule has 6 nitrogen and oxygen atoms in total. The highest BCUT2D eigenvalue weighted by Crippen LogP contribution is 2.32. The summed E-state index contributed by atoms with van der Waals surface area (Å²) in [6.45, 7) is 1.90. The van der Waals surface area contributed by atoms with E-state index in [0.717, 1.165) is 4.88 Å². The molecule has 0 aliphatic heterocycles. The molecule has 2 aromatic heterocycles. The van der Waals surface area contributed by atoms with Gasteiger partial charge >= 0.3 is 5.97 Å². The molecule has 2 heterocycles. The maximum absolute atomic E-state index is 12.4. The van der Waals surface area contributed by atoms with Gasteiger partial charge in [0.05, 0.1) is 17.7 Å². The molecule has 0 aliphatic carbocycles. The fourth-order valence-electron chi connectivity index (χ4n) is 2.36. The first-order chi connectivity index (χ1) is 13.4. The third-order valence-corrected chi connectivity index (χ3v) is 5.43. The number of rotatable bonds is 6. The predicted octanol–water partition coefficient (Wildman–Crippen LogP) is 5.57. The zero-order valence-electron chi connectivity index (χ0n) is 14.9. The van der Waals surface area contributed by atoms with Crippen molar-refractivity contribution in [3.05, 3.63) is 68.4 Å². The zero-order chi connectivity index (χ0) is 20.3. The van der Waals surface area contributed by atoms with Gasteiger partial charge in [0.1, 0.15) is 28.1 Å². The molecule has 0 spiro atoms. The minimum atomic E-state index is -0.522. The Morgan fingerprint density at radius 2 is 2.00 bits per heavy atom. The Morgan fingerprint density at radius 1 is 1.21 bits per heavy atom. The van der Waals surface area contributed by atoms with E-state index in [1.165, 1.54) is 24.5 Å². The maximum atomic E-state index is 12.4. The minimum Gasteiger partial charge on any atom is -0.484 e. The summed E-state index contributed by atoms with van der Waals surface area (Å²) in [6.07, 6.45) is 0. The van der Waals surface area contributed by atoms with Crippen molar-refractivity contribution in [1.29, 1.82) is 0 Å². The number of esters is 1. The number of carbonyl (C=O) groups excluding carboxylic acids is 2. The van der Waals surface area contributed by atoms with E-state index >= 15 is 0 Å². The SMILES string of the molecule is COC(=O)c1cc(C)sc1NC(=O)c1ccc(COc2cccc(Cl)c2Cl)o1. The standard InChI is InChI=1S/C19H15Cl2NO5S/c1-10-8-12(19(24)25-2)18(28-10)22-17(23)15-7-6-11(27-15)9-26-14-5-3-4-13(20)16(14)21/h3-8H,9H2,1-2H3,(H,22,23). The van der Waals surface area contributed by atoms with Gasteiger partial charge in [0.15, 0.2) is 5.76 Å². The number of thiophene rings is 1. The van der Waals surface area contributed by atoms with Gasteiger partial charge in [0, 0.05) is 4.88 Å². The first kappa shape index (κ1) is 20.3. The van der Waals surface area contributed by atoms with Crippen LogP contribution in [0.4, 0.5) is 5.00 Å². The maximum Gasteiger partial charge on any atom is 0.340 e. The molecule has 0 aliphatic rings. The van der Waals surface area contributed by atoms with E-state index < -0.39 is 11.9 Å². The molecule has 0 radical (unpaired) electrons. The lowest BCUT2D eigenvalue weighted by molar-refractivity contribution is 0.0602. The normalized spacial score (nSPS) is 10.6. The lowest BCUT2D eigenvalue weighted by Gasteiger charge is -2.07. The molecule has 0 saturated heterocycles. The molecule has 9 heteroatoms. The highest BCUT2D eigenvalue weighted by molar-refractivity contribution is 7.16. The number of hydrogen-bond acceptors (Lipinski definition) is 6. The van der Waals surface area contributed by atoms with Gasteiger partial charge in [0.25, 0.3) is 5.91 Å². The summed E-state index contributed by atoms with van der Waals surface area (Å²) < 4.78 is 15.8. The van der Waals surface area contributed by atoms with Gasteiger partial charge in [0.2, 0.25) is 0 Å². The molecule has 28 heavy (non-hydrogen) atoms. The van der Waals surface area contributed by atoms with E-state index in [1.807, 2.05) is 6.92 Å².